The van der Waals surface area contributed by atoms with Gasteiger partial charge in [0, 0.05) is 18.8 Å². The van der Waals surface area contributed by atoms with E-state index in [9.17, 15) is 4.79 Å². The van der Waals surface area contributed by atoms with Gasteiger partial charge in [-0.05, 0) is 57.6 Å². The Balaban J connectivity index is 1.68. The fraction of sp³-hybridized carbons (Fsp3) is 0.611. The summed E-state index contributed by atoms with van der Waals surface area (Å²) in [6.45, 7) is 10.3. The number of likely N-dealkylation sites (N-methyl/N-ethyl adjacent to an activating group) is 1. The van der Waals surface area contributed by atoms with Crippen molar-refractivity contribution >= 4 is 11.6 Å². The van der Waals surface area contributed by atoms with E-state index < -0.39 is 0 Å². The highest BCUT2D eigenvalue weighted by Crippen LogP contribution is 2.17. The molecule has 0 saturated carbocycles. The molecule has 2 rings (SSSR count). The summed E-state index contributed by atoms with van der Waals surface area (Å²) in [5.41, 5.74) is 3.24. The minimum Gasteiger partial charge on any atom is -0.379 e. The van der Waals surface area contributed by atoms with Gasteiger partial charge in [-0.1, -0.05) is 12.1 Å². The van der Waals surface area contributed by atoms with Gasteiger partial charge in [0.25, 0.3) is 0 Å². The smallest absolute Gasteiger partial charge is 0.238 e. The van der Waals surface area contributed by atoms with E-state index >= 15 is 0 Å². The fourth-order valence-corrected chi connectivity index (χ4v) is 2.79. The first-order valence-corrected chi connectivity index (χ1v) is 8.41. The Labute approximate surface area is 139 Å². The average molecular weight is 319 g/mol. The summed E-state index contributed by atoms with van der Waals surface area (Å²) in [6, 6.07) is 5.99. The number of anilines is 1. The topological polar surface area (TPSA) is 44.8 Å². The molecule has 1 amide bonds. The number of morpholine rings is 1. The van der Waals surface area contributed by atoms with Crippen LogP contribution in [0.25, 0.3) is 0 Å². The van der Waals surface area contributed by atoms with Crippen molar-refractivity contribution in [3.8, 4) is 0 Å². The molecule has 0 atom stereocenters. The number of benzene rings is 1. The van der Waals surface area contributed by atoms with Crippen LogP contribution in [-0.4, -0.2) is 68.7 Å². The van der Waals surface area contributed by atoms with Crippen LogP contribution >= 0.6 is 0 Å². The average Bonchev–Trinajstić information content (AvgIpc) is 2.53. The summed E-state index contributed by atoms with van der Waals surface area (Å²) >= 11 is 0. The number of nitrogens with zero attached hydrogens (tertiary/aromatic N) is 2. The first-order valence-electron chi connectivity index (χ1n) is 8.41. The van der Waals surface area contributed by atoms with E-state index in [1.807, 2.05) is 26.1 Å². The minimum atomic E-state index is 0.0487. The predicted molar refractivity (Wildman–Crippen MR) is 93.9 cm³/mol. The molecule has 0 spiro atoms. The molecule has 0 aliphatic carbocycles. The maximum Gasteiger partial charge on any atom is 0.238 e. The third-order valence-electron chi connectivity index (χ3n) is 4.41. The minimum absolute atomic E-state index is 0.0487. The van der Waals surface area contributed by atoms with Crippen LogP contribution in [-0.2, 0) is 9.53 Å². The Hall–Kier alpha value is -1.43. The zero-order valence-corrected chi connectivity index (χ0v) is 14.6. The van der Waals surface area contributed by atoms with Crippen LogP contribution in [0.2, 0.25) is 0 Å². The number of amides is 1. The van der Waals surface area contributed by atoms with Crippen molar-refractivity contribution in [3.63, 3.8) is 0 Å². The van der Waals surface area contributed by atoms with Crippen LogP contribution in [0.5, 0.6) is 0 Å². The number of ether oxygens (including phenoxy) is 1. The van der Waals surface area contributed by atoms with Crippen LogP contribution in [0.3, 0.4) is 0 Å². The van der Waals surface area contributed by atoms with Crippen molar-refractivity contribution in [1.82, 2.24) is 9.80 Å². The van der Waals surface area contributed by atoms with Gasteiger partial charge in [-0.3, -0.25) is 14.6 Å². The summed E-state index contributed by atoms with van der Waals surface area (Å²) in [7, 11) is 2.00. The molecule has 0 bridgehead atoms. The highest BCUT2D eigenvalue weighted by molar-refractivity contribution is 5.93. The van der Waals surface area contributed by atoms with Gasteiger partial charge in [-0.25, -0.2) is 0 Å². The number of carbonyl (C=O) groups excluding carboxylic acids is 1. The molecule has 1 heterocycles. The monoisotopic (exact) mass is 319 g/mol. The maximum atomic E-state index is 12.2. The third-order valence-corrected chi connectivity index (χ3v) is 4.41. The summed E-state index contributed by atoms with van der Waals surface area (Å²) in [5.74, 6) is 0.0487. The van der Waals surface area contributed by atoms with E-state index in [1.54, 1.807) is 0 Å². The SMILES string of the molecule is Cc1cccc(NC(=O)CN(C)CCCN2CCOCC2)c1C. The summed E-state index contributed by atoms with van der Waals surface area (Å²) in [4.78, 5) is 16.7. The van der Waals surface area contributed by atoms with Crippen LogP contribution in [0.4, 0.5) is 5.69 Å². The normalized spacial score (nSPS) is 15.8. The predicted octanol–water partition coefficient (Wildman–Crippen LogP) is 1.90. The van der Waals surface area contributed by atoms with Gasteiger partial charge in [-0.2, -0.15) is 0 Å². The second kappa shape index (κ2) is 9.01. The molecule has 1 aromatic carbocycles. The van der Waals surface area contributed by atoms with Crippen LogP contribution in [0, 0.1) is 13.8 Å². The second-order valence-corrected chi connectivity index (χ2v) is 6.34. The first kappa shape index (κ1) is 17.9. The largest absolute Gasteiger partial charge is 0.379 e. The molecule has 1 saturated heterocycles. The van der Waals surface area contributed by atoms with Crippen LogP contribution in [0.1, 0.15) is 17.5 Å². The number of nitrogens with one attached hydrogen (secondary N) is 1. The molecule has 1 aliphatic heterocycles. The zero-order valence-electron chi connectivity index (χ0n) is 14.6. The standard InChI is InChI=1S/C18H29N3O2/c1-15-6-4-7-17(16(15)2)19-18(22)14-20(3)8-5-9-21-10-12-23-13-11-21/h4,6-7H,5,8-14H2,1-3H3,(H,19,22). The second-order valence-electron chi connectivity index (χ2n) is 6.34. The van der Waals surface area contributed by atoms with Crippen molar-refractivity contribution in [2.24, 2.45) is 0 Å². The fourth-order valence-electron chi connectivity index (χ4n) is 2.79. The zero-order chi connectivity index (χ0) is 16.7. The Morgan fingerprint density at radius 3 is 2.78 bits per heavy atom. The van der Waals surface area contributed by atoms with Crippen molar-refractivity contribution in [3.05, 3.63) is 29.3 Å². The van der Waals surface area contributed by atoms with Crippen molar-refractivity contribution < 1.29 is 9.53 Å². The molecule has 0 aromatic heterocycles. The van der Waals surface area contributed by atoms with Crippen molar-refractivity contribution in [2.75, 3.05) is 58.3 Å². The number of hydrogen-bond donors (Lipinski definition) is 1. The summed E-state index contributed by atoms with van der Waals surface area (Å²) < 4.78 is 5.35. The molecule has 1 N–H and O–H groups in total. The van der Waals surface area contributed by atoms with Gasteiger partial charge in [-0.15, -0.1) is 0 Å². The van der Waals surface area contributed by atoms with E-state index in [0.717, 1.165) is 57.1 Å². The molecule has 128 valence electrons. The van der Waals surface area contributed by atoms with E-state index in [0.29, 0.717) is 6.54 Å². The molecule has 1 aliphatic rings. The van der Waals surface area contributed by atoms with Gasteiger partial charge in [0.15, 0.2) is 0 Å². The number of aryl methyl sites for hydroxylation is 1. The molecular formula is C18H29N3O2. The van der Waals surface area contributed by atoms with Gasteiger partial charge < -0.3 is 10.1 Å². The van der Waals surface area contributed by atoms with E-state index in [1.165, 1.54) is 5.56 Å². The Morgan fingerprint density at radius 2 is 2.04 bits per heavy atom. The summed E-state index contributed by atoms with van der Waals surface area (Å²) in [5, 5.41) is 3.01. The summed E-state index contributed by atoms with van der Waals surface area (Å²) in [6.07, 6.45) is 1.08. The lowest BCUT2D eigenvalue weighted by Gasteiger charge is -2.27. The van der Waals surface area contributed by atoms with E-state index in [2.05, 4.69) is 28.1 Å². The van der Waals surface area contributed by atoms with Gasteiger partial charge in [0.2, 0.25) is 5.91 Å². The quantitative estimate of drug-likeness (QED) is 0.834. The lowest BCUT2D eigenvalue weighted by Crippen LogP contribution is -2.38. The van der Waals surface area contributed by atoms with Gasteiger partial charge in [0.05, 0.1) is 19.8 Å². The Kier molecular flexibility index (Phi) is 7.02. The first-order chi connectivity index (χ1) is 11.1. The van der Waals surface area contributed by atoms with Crippen LogP contribution in [0.15, 0.2) is 18.2 Å². The highest BCUT2D eigenvalue weighted by Gasteiger charge is 2.12. The third kappa shape index (κ3) is 5.94. The van der Waals surface area contributed by atoms with Crippen LogP contribution < -0.4 is 5.32 Å². The number of rotatable bonds is 7. The lowest BCUT2D eigenvalue weighted by atomic mass is 10.1. The van der Waals surface area contributed by atoms with E-state index in [4.69, 9.17) is 4.74 Å². The molecule has 1 fully saturated rings. The van der Waals surface area contributed by atoms with Crippen molar-refractivity contribution in [1.29, 1.82) is 0 Å². The molecule has 5 heteroatoms. The van der Waals surface area contributed by atoms with E-state index in [-0.39, 0.29) is 5.91 Å². The molecule has 0 radical (unpaired) electrons. The van der Waals surface area contributed by atoms with Gasteiger partial charge in [0.1, 0.15) is 0 Å². The van der Waals surface area contributed by atoms with Gasteiger partial charge >= 0.3 is 0 Å². The number of hydrogen-bond acceptors (Lipinski definition) is 4. The molecule has 0 unspecified atom stereocenters. The maximum absolute atomic E-state index is 12.2. The lowest BCUT2D eigenvalue weighted by molar-refractivity contribution is -0.117. The molecule has 5 nitrogen and oxygen atoms in total. The molecule has 23 heavy (non-hydrogen) atoms. The molecular weight excluding hydrogens is 290 g/mol. The highest BCUT2D eigenvalue weighted by atomic mass is 16.5. The Morgan fingerprint density at radius 1 is 1.30 bits per heavy atom. The van der Waals surface area contributed by atoms with Crippen molar-refractivity contribution in [2.45, 2.75) is 20.3 Å². The Bertz CT molecular complexity index is 513. The molecule has 1 aromatic rings. The number of carbonyl (C=O) groups is 1.